The third-order valence-corrected chi connectivity index (χ3v) is 5.64. The Morgan fingerprint density at radius 2 is 1.79 bits per heavy atom. The first kappa shape index (κ1) is 17.3. The Morgan fingerprint density at radius 1 is 1.11 bits per heavy atom. The molecule has 0 aliphatic rings. The van der Waals surface area contributed by atoms with Gasteiger partial charge in [-0.25, -0.2) is 0 Å². The highest BCUT2D eigenvalue weighted by molar-refractivity contribution is 8.03. The van der Waals surface area contributed by atoms with Crippen LogP contribution in [0.4, 0.5) is 0 Å². The summed E-state index contributed by atoms with van der Waals surface area (Å²) >= 11 is 5.26. The predicted molar refractivity (Wildman–Crippen MR) is 86.5 cm³/mol. The van der Waals surface area contributed by atoms with Crippen LogP contribution in [0, 0.1) is 5.92 Å². The number of hydrogen-bond acceptors (Lipinski definition) is 6. The van der Waals surface area contributed by atoms with Gasteiger partial charge in [0.2, 0.25) is 0 Å². The van der Waals surface area contributed by atoms with E-state index in [1.54, 1.807) is 23.1 Å². The average molecular weight is 321 g/mol. The highest BCUT2D eigenvalue weighted by Gasteiger charge is 2.05. The van der Waals surface area contributed by atoms with Gasteiger partial charge in [-0.1, -0.05) is 62.1 Å². The van der Waals surface area contributed by atoms with Crippen LogP contribution in [0.3, 0.4) is 0 Å². The minimum Gasteiger partial charge on any atom is -0.381 e. The second kappa shape index (κ2) is 10.9. The molecule has 0 atom stereocenters. The Morgan fingerprint density at radius 3 is 2.42 bits per heavy atom. The molecule has 0 aromatic carbocycles. The number of thioether (sulfide) groups is 2. The first-order valence-electron chi connectivity index (χ1n) is 6.89. The van der Waals surface area contributed by atoms with Crippen LogP contribution in [0.25, 0.3) is 0 Å². The molecule has 0 radical (unpaired) electrons. The summed E-state index contributed by atoms with van der Waals surface area (Å²) in [5, 5.41) is 8.39. The van der Waals surface area contributed by atoms with Gasteiger partial charge in [-0.05, 0) is 18.8 Å². The first-order chi connectivity index (χ1) is 9.22. The quantitative estimate of drug-likeness (QED) is 0.440. The monoisotopic (exact) mass is 320 g/mol. The van der Waals surface area contributed by atoms with E-state index in [0.29, 0.717) is 0 Å². The summed E-state index contributed by atoms with van der Waals surface area (Å²) in [6, 6.07) is 0. The van der Waals surface area contributed by atoms with Crippen LogP contribution >= 0.6 is 34.9 Å². The maximum absolute atomic E-state index is 5.58. The minimum atomic E-state index is 0.721. The van der Waals surface area contributed by atoms with E-state index in [-0.39, 0.29) is 0 Å². The Hall–Kier alpha value is 0.220. The molecule has 0 N–H and O–H groups in total. The van der Waals surface area contributed by atoms with Crippen LogP contribution in [0.2, 0.25) is 0 Å². The molecular weight excluding hydrogens is 296 g/mol. The Balaban J connectivity index is 2.06. The van der Waals surface area contributed by atoms with Crippen molar-refractivity contribution < 1.29 is 4.74 Å². The maximum Gasteiger partial charge on any atom is 0.175 e. The Kier molecular flexibility index (Phi) is 9.95. The predicted octanol–water partition coefficient (Wildman–Crippen LogP) is 4.59. The fraction of sp³-hybridized carbons (Fsp3) is 0.846. The molecule has 19 heavy (non-hydrogen) atoms. The largest absolute Gasteiger partial charge is 0.381 e. The molecule has 1 rings (SSSR count). The van der Waals surface area contributed by atoms with E-state index in [1.165, 1.54) is 12.8 Å². The van der Waals surface area contributed by atoms with Gasteiger partial charge in [0, 0.05) is 18.1 Å². The third kappa shape index (κ3) is 8.89. The fourth-order valence-corrected chi connectivity index (χ4v) is 4.32. The molecule has 0 bridgehead atoms. The zero-order valence-corrected chi connectivity index (χ0v) is 14.5. The van der Waals surface area contributed by atoms with Crippen molar-refractivity contribution in [3.05, 3.63) is 0 Å². The Bertz CT molecular complexity index is 331. The van der Waals surface area contributed by atoms with Crippen LogP contribution in [-0.2, 0) is 4.74 Å². The lowest BCUT2D eigenvalue weighted by Gasteiger charge is -2.05. The lowest BCUT2D eigenvalue weighted by Crippen LogP contribution is -2.02. The van der Waals surface area contributed by atoms with Crippen molar-refractivity contribution in [2.75, 3.05) is 24.7 Å². The molecule has 0 aliphatic carbocycles. The van der Waals surface area contributed by atoms with E-state index in [0.717, 1.165) is 45.7 Å². The minimum absolute atomic E-state index is 0.721. The van der Waals surface area contributed by atoms with Crippen molar-refractivity contribution >= 4 is 34.9 Å². The molecule has 0 saturated carbocycles. The zero-order chi connectivity index (χ0) is 13.9. The molecule has 1 aromatic rings. The van der Waals surface area contributed by atoms with Crippen LogP contribution in [0.1, 0.15) is 40.0 Å². The molecule has 0 fully saturated rings. The molecule has 1 heterocycles. The SMILES string of the molecule is CCCCSc1nnc(SCCOCCC(C)C)s1. The molecule has 6 heteroatoms. The van der Waals surface area contributed by atoms with Gasteiger partial charge < -0.3 is 4.74 Å². The molecule has 0 spiro atoms. The van der Waals surface area contributed by atoms with Gasteiger partial charge in [0.05, 0.1) is 6.61 Å². The summed E-state index contributed by atoms with van der Waals surface area (Å²) in [4.78, 5) is 0. The number of aromatic nitrogens is 2. The highest BCUT2D eigenvalue weighted by atomic mass is 32.2. The number of hydrogen-bond donors (Lipinski definition) is 0. The van der Waals surface area contributed by atoms with Gasteiger partial charge >= 0.3 is 0 Å². The molecule has 110 valence electrons. The van der Waals surface area contributed by atoms with Gasteiger partial charge in [0.25, 0.3) is 0 Å². The van der Waals surface area contributed by atoms with E-state index < -0.39 is 0 Å². The summed E-state index contributed by atoms with van der Waals surface area (Å²) in [6.07, 6.45) is 3.62. The van der Waals surface area contributed by atoms with Crippen LogP contribution in [-0.4, -0.2) is 34.9 Å². The topological polar surface area (TPSA) is 35.0 Å². The molecule has 0 amide bonds. The van der Waals surface area contributed by atoms with E-state index in [1.807, 2.05) is 11.8 Å². The Labute approximate surface area is 129 Å². The van der Waals surface area contributed by atoms with Crippen LogP contribution < -0.4 is 0 Å². The molecular formula is C13H24N2OS3. The summed E-state index contributed by atoms with van der Waals surface area (Å²) in [5.74, 6) is 2.83. The van der Waals surface area contributed by atoms with Crippen molar-refractivity contribution in [2.24, 2.45) is 5.92 Å². The van der Waals surface area contributed by atoms with Gasteiger partial charge in [0.1, 0.15) is 0 Å². The number of rotatable bonds is 11. The van der Waals surface area contributed by atoms with Crippen LogP contribution in [0.15, 0.2) is 8.68 Å². The molecule has 0 unspecified atom stereocenters. The summed E-state index contributed by atoms with van der Waals surface area (Å²) < 4.78 is 7.74. The zero-order valence-electron chi connectivity index (χ0n) is 12.1. The summed E-state index contributed by atoms with van der Waals surface area (Å²) in [7, 11) is 0. The van der Waals surface area contributed by atoms with Gasteiger partial charge in [-0.3, -0.25) is 0 Å². The van der Waals surface area contributed by atoms with E-state index in [2.05, 4.69) is 31.0 Å². The molecule has 3 nitrogen and oxygen atoms in total. The van der Waals surface area contributed by atoms with Gasteiger partial charge in [-0.15, -0.1) is 10.2 Å². The second-order valence-corrected chi connectivity index (χ2v) is 8.34. The van der Waals surface area contributed by atoms with E-state index in [4.69, 9.17) is 4.74 Å². The van der Waals surface area contributed by atoms with Crippen molar-refractivity contribution in [1.29, 1.82) is 0 Å². The van der Waals surface area contributed by atoms with Crippen molar-refractivity contribution in [2.45, 2.75) is 48.7 Å². The molecule has 0 aliphatic heterocycles. The van der Waals surface area contributed by atoms with Gasteiger partial charge in [-0.2, -0.15) is 0 Å². The summed E-state index contributed by atoms with van der Waals surface area (Å²) in [5.41, 5.74) is 0. The van der Waals surface area contributed by atoms with E-state index in [9.17, 15) is 0 Å². The van der Waals surface area contributed by atoms with Gasteiger partial charge in [0.15, 0.2) is 8.68 Å². The first-order valence-corrected chi connectivity index (χ1v) is 9.68. The molecule has 1 aromatic heterocycles. The second-order valence-electron chi connectivity index (χ2n) is 4.68. The lowest BCUT2D eigenvalue weighted by molar-refractivity contribution is 0.138. The molecule has 0 saturated heterocycles. The standard InChI is InChI=1S/C13H24N2OS3/c1-4-5-9-17-12-14-15-13(19-12)18-10-8-16-7-6-11(2)3/h11H,4-10H2,1-3H3. The highest BCUT2D eigenvalue weighted by Crippen LogP contribution is 2.29. The number of nitrogens with zero attached hydrogens (tertiary/aromatic N) is 2. The van der Waals surface area contributed by atoms with Crippen molar-refractivity contribution in [3.8, 4) is 0 Å². The maximum atomic E-state index is 5.58. The van der Waals surface area contributed by atoms with Crippen molar-refractivity contribution in [3.63, 3.8) is 0 Å². The average Bonchev–Trinajstić information content (AvgIpc) is 2.81. The number of ether oxygens (including phenoxy) is 1. The third-order valence-electron chi connectivity index (χ3n) is 2.40. The van der Waals surface area contributed by atoms with E-state index >= 15 is 0 Å². The smallest absolute Gasteiger partial charge is 0.175 e. The fourth-order valence-electron chi connectivity index (χ4n) is 1.23. The normalized spacial score (nSPS) is 11.4. The van der Waals surface area contributed by atoms with Crippen LogP contribution in [0.5, 0.6) is 0 Å². The number of unbranched alkanes of at least 4 members (excludes halogenated alkanes) is 1. The lowest BCUT2D eigenvalue weighted by atomic mass is 10.1. The summed E-state index contributed by atoms with van der Waals surface area (Å²) in [6.45, 7) is 8.32. The van der Waals surface area contributed by atoms with Crippen molar-refractivity contribution in [1.82, 2.24) is 10.2 Å².